The third-order valence-electron chi connectivity index (χ3n) is 2.71. The Morgan fingerprint density at radius 3 is 2.32 bits per heavy atom. The van der Waals surface area contributed by atoms with Gasteiger partial charge in [0.2, 0.25) is 0 Å². The molecule has 0 aliphatic carbocycles. The summed E-state index contributed by atoms with van der Waals surface area (Å²) < 4.78 is 39.3. The van der Waals surface area contributed by atoms with Crippen molar-refractivity contribution >= 4 is 5.69 Å². The molecule has 106 valence electrons. The molecule has 0 saturated carbocycles. The van der Waals surface area contributed by atoms with Crippen LogP contribution in [0.3, 0.4) is 0 Å². The van der Waals surface area contributed by atoms with Gasteiger partial charge in [-0.2, -0.15) is 8.78 Å². The number of rotatable bonds is 4. The van der Waals surface area contributed by atoms with Gasteiger partial charge in [-0.25, -0.2) is 0 Å². The fourth-order valence-electron chi connectivity index (χ4n) is 1.74. The molecule has 1 aliphatic rings. The van der Waals surface area contributed by atoms with E-state index in [1.54, 1.807) is 12.1 Å². The van der Waals surface area contributed by atoms with Crippen LogP contribution in [0.5, 0.6) is 5.75 Å². The highest BCUT2D eigenvalue weighted by Gasteiger charge is 2.28. The smallest absolute Gasteiger partial charge is 0.387 e. The van der Waals surface area contributed by atoms with Crippen LogP contribution in [-0.2, 0) is 9.47 Å². The lowest BCUT2D eigenvalue weighted by Gasteiger charge is -2.35. The topological polar surface area (TPSA) is 39.7 Å². The second kappa shape index (κ2) is 5.71. The Balaban J connectivity index is 1.86. The summed E-state index contributed by atoms with van der Waals surface area (Å²) >= 11 is 0. The van der Waals surface area contributed by atoms with Crippen molar-refractivity contribution in [2.24, 2.45) is 0 Å². The van der Waals surface area contributed by atoms with Crippen molar-refractivity contribution in [2.45, 2.75) is 32.3 Å². The van der Waals surface area contributed by atoms with Crippen molar-refractivity contribution < 1.29 is 23.0 Å². The average molecular weight is 273 g/mol. The van der Waals surface area contributed by atoms with E-state index >= 15 is 0 Å². The molecule has 1 aromatic carbocycles. The SMILES string of the molecule is CC1(C)OCC(Nc2ccc(OC(F)F)cc2)CO1. The monoisotopic (exact) mass is 273 g/mol. The summed E-state index contributed by atoms with van der Waals surface area (Å²) in [5, 5.41) is 3.21. The minimum Gasteiger partial charge on any atom is -0.435 e. The normalized spacial score (nSPS) is 19.4. The number of benzene rings is 1. The number of hydrogen-bond donors (Lipinski definition) is 1. The Kier molecular flexibility index (Phi) is 4.21. The molecule has 6 heteroatoms. The van der Waals surface area contributed by atoms with Crippen LogP contribution in [0.1, 0.15) is 13.8 Å². The Hall–Kier alpha value is -1.40. The van der Waals surface area contributed by atoms with E-state index in [1.165, 1.54) is 12.1 Å². The molecule has 0 amide bonds. The van der Waals surface area contributed by atoms with Gasteiger partial charge < -0.3 is 19.5 Å². The molecule has 0 unspecified atom stereocenters. The first kappa shape index (κ1) is 14.0. The summed E-state index contributed by atoms with van der Waals surface area (Å²) in [6, 6.07) is 6.37. The van der Waals surface area contributed by atoms with Gasteiger partial charge in [-0.15, -0.1) is 0 Å². The summed E-state index contributed by atoms with van der Waals surface area (Å²) in [5.74, 6) is -0.412. The molecular weight excluding hydrogens is 256 g/mol. The van der Waals surface area contributed by atoms with Gasteiger partial charge in [0.05, 0.1) is 19.3 Å². The number of halogens is 2. The van der Waals surface area contributed by atoms with E-state index in [0.717, 1.165) is 5.69 Å². The quantitative estimate of drug-likeness (QED) is 0.915. The van der Waals surface area contributed by atoms with Crippen LogP contribution in [0.15, 0.2) is 24.3 Å². The van der Waals surface area contributed by atoms with Crippen LogP contribution < -0.4 is 10.1 Å². The van der Waals surface area contributed by atoms with Crippen LogP contribution in [-0.4, -0.2) is 31.7 Å². The molecule has 2 rings (SSSR count). The van der Waals surface area contributed by atoms with Gasteiger partial charge in [-0.3, -0.25) is 0 Å². The third kappa shape index (κ3) is 4.33. The number of hydrogen-bond acceptors (Lipinski definition) is 4. The molecule has 1 N–H and O–H groups in total. The molecule has 0 radical (unpaired) electrons. The summed E-state index contributed by atoms with van der Waals surface area (Å²) in [4.78, 5) is 0. The molecule has 1 aliphatic heterocycles. The van der Waals surface area contributed by atoms with E-state index in [2.05, 4.69) is 10.1 Å². The van der Waals surface area contributed by atoms with Gasteiger partial charge >= 0.3 is 6.61 Å². The van der Waals surface area contributed by atoms with Crippen LogP contribution in [0, 0.1) is 0 Å². The van der Waals surface area contributed by atoms with Crippen molar-refractivity contribution in [1.29, 1.82) is 0 Å². The number of alkyl halides is 2. The van der Waals surface area contributed by atoms with Crippen molar-refractivity contribution in [3.05, 3.63) is 24.3 Å². The van der Waals surface area contributed by atoms with E-state index < -0.39 is 12.4 Å². The lowest BCUT2D eigenvalue weighted by atomic mass is 10.2. The van der Waals surface area contributed by atoms with E-state index in [9.17, 15) is 8.78 Å². The van der Waals surface area contributed by atoms with Gasteiger partial charge in [0.1, 0.15) is 5.75 Å². The van der Waals surface area contributed by atoms with E-state index in [1.807, 2.05) is 13.8 Å². The number of ether oxygens (including phenoxy) is 3. The second-order valence-electron chi connectivity index (χ2n) is 4.77. The Morgan fingerprint density at radius 1 is 1.21 bits per heavy atom. The predicted molar refractivity (Wildman–Crippen MR) is 66.5 cm³/mol. The van der Waals surface area contributed by atoms with Crippen LogP contribution in [0.4, 0.5) is 14.5 Å². The van der Waals surface area contributed by atoms with E-state index in [0.29, 0.717) is 13.2 Å². The maximum atomic E-state index is 12.0. The minimum absolute atomic E-state index is 0.0369. The van der Waals surface area contributed by atoms with Crippen molar-refractivity contribution in [3.8, 4) is 5.75 Å². The first-order valence-corrected chi connectivity index (χ1v) is 6.04. The molecule has 0 aromatic heterocycles. The van der Waals surface area contributed by atoms with Gasteiger partial charge in [-0.1, -0.05) is 0 Å². The summed E-state index contributed by atoms with van der Waals surface area (Å²) in [5.41, 5.74) is 0.804. The highest BCUT2D eigenvalue weighted by molar-refractivity contribution is 5.47. The molecule has 1 saturated heterocycles. The molecule has 1 fully saturated rings. The molecule has 0 atom stereocenters. The molecule has 19 heavy (non-hydrogen) atoms. The lowest BCUT2D eigenvalue weighted by Crippen LogP contribution is -2.45. The molecule has 1 aromatic rings. The predicted octanol–water partition coefficient (Wildman–Crippen LogP) is 2.85. The molecule has 0 spiro atoms. The van der Waals surface area contributed by atoms with Gasteiger partial charge in [0, 0.05) is 5.69 Å². The zero-order valence-corrected chi connectivity index (χ0v) is 10.9. The van der Waals surface area contributed by atoms with E-state index in [4.69, 9.17) is 9.47 Å². The first-order chi connectivity index (χ1) is 8.94. The van der Waals surface area contributed by atoms with Gasteiger partial charge in [0.15, 0.2) is 5.79 Å². The third-order valence-corrected chi connectivity index (χ3v) is 2.71. The Bertz CT molecular complexity index is 399. The Morgan fingerprint density at radius 2 is 1.79 bits per heavy atom. The average Bonchev–Trinajstić information content (AvgIpc) is 2.34. The maximum absolute atomic E-state index is 12.0. The number of nitrogens with one attached hydrogen (secondary N) is 1. The number of anilines is 1. The highest BCUT2D eigenvalue weighted by Crippen LogP contribution is 2.21. The maximum Gasteiger partial charge on any atom is 0.387 e. The highest BCUT2D eigenvalue weighted by atomic mass is 19.3. The zero-order chi connectivity index (χ0) is 13.9. The van der Waals surface area contributed by atoms with Gasteiger partial charge in [0.25, 0.3) is 0 Å². The largest absolute Gasteiger partial charge is 0.435 e. The fourth-order valence-corrected chi connectivity index (χ4v) is 1.74. The second-order valence-corrected chi connectivity index (χ2v) is 4.77. The van der Waals surface area contributed by atoms with Crippen molar-refractivity contribution in [3.63, 3.8) is 0 Å². The van der Waals surface area contributed by atoms with Crippen molar-refractivity contribution in [2.75, 3.05) is 18.5 Å². The summed E-state index contributed by atoms with van der Waals surface area (Å²) in [6.07, 6.45) is 0. The van der Waals surface area contributed by atoms with Crippen LogP contribution in [0.25, 0.3) is 0 Å². The lowest BCUT2D eigenvalue weighted by molar-refractivity contribution is -0.247. The standard InChI is InChI=1S/C13H17F2NO3/c1-13(2)17-7-10(8-18-13)16-9-3-5-11(6-4-9)19-12(14)15/h3-6,10,12,16H,7-8H2,1-2H3. The Labute approximate surface area is 110 Å². The van der Waals surface area contributed by atoms with Crippen molar-refractivity contribution in [1.82, 2.24) is 0 Å². The zero-order valence-electron chi connectivity index (χ0n) is 10.9. The molecule has 1 heterocycles. The first-order valence-electron chi connectivity index (χ1n) is 6.04. The van der Waals surface area contributed by atoms with Crippen LogP contribution >= 0.6 is 0 Å². The molecular formula is C13H17F2NO3. The summed E-state index contributed by atoms with van der Waals surface area (Å²) in [7, 11) is 0. The molecule has 0 bridgehead atoms. The van der Waals surface area contributed by atoms with E-state index in [-0.39, 0.29) is 11.8 Å². The minimum atomic E-state index is -2.80. The fraction of sp³-hybridized carbons (Fsp3) is 0.538. The molecule has 4 nitrogen and oxygen atoms in total. The van der Waals surface area contributed by atoms with Gasteiger partial charge in [-0.05, 0) is 38.1 Å². The van der Waals surface area contributed by atoms with Crippen LogP contribution in [0.2, 0.25) is 0 Å². The summed E-state index contributed by atoms with van der Waals surface area (Å²) in [6.45, 7) is 1.98.